The van der Waals surface area contributed by atoms with Crippen molar-refractivity contribution in [3.63, 3.8) is 0 Å². The molecule has 2 aromatic rings. The van der Waals surface area contributed by atoms with Gasteiger partial charge in [0.1, 0.15) is 11.5 Å². The predicted octanol–water partition coefficient (Wildman–Crippen LogP) is 4.88. The molecule has 0 N–H and O–H groups in total. The number of alkyl halides is 2. The van der Waals surface area contributed by atoms with Crippen molar-refractivity contribution in [2.75, 3.05) is 26.2 Å². The van der Waals surface area contributed by atoms with E-state index in [9.17, 15) is 13.6 Å². The molecule has 1 aromatic heterocycles. The van der Waals surface area contributed by atoms with Gasteiger partial charge in [0.2, 0.25) is 5.91 Å². The zero-order valence-corrected chi connectivity index (χ0v) is 21.0. The lowest BCUT2D eigenvalue weighted by atomic mass is 9.81. The normalized spacial score (nSPS) is 32.5. The second-order valence-electron chi connectivity index (χ2n) is 11.6. The molecule has 3 heterocycles. The second-order valence-corrected chi connectivity index (χ2v) is 11.6. The van der Waals surface area contributed by atoms with Crippen LogP contribution in [0.4, 0.5) is 8.78 Å². The van der Waals surface area contributed by atoms with E-state index in [4.69, 9.17) is 0 Å². The summed E-state index contributed by atoms with van der Waals surface area (Å²) >= 11 is 0. The standard InChI is InChI=1S/C29H36F2N4O/c1-29(30,31)25-11-13-32-26(33-25)15-19-12-14-34(16-19)28(36)27-23-17-35(18-24(23)27)22-9-7-21(8-10-22)20-5-3-2-4-6-20/h2-6,11,13,19,21-24,27H,7-10,12,14-18H2,1H3/t19-,21?,22?,23-,24+,27?/m1/s1. The van der Waals surface area contributed by atoms with Crippen LogP contribution in [0, 0.1) is 23.7 Å². The first kappa shape index (κ1) is 24.0. The number of hydrogen-bond donors (Lipinski definition) is 0. The molecule has 2 aliphatic carbocycles. The molecule has 1 aromatic carbocycles. The molecule has 1 amide bonds. The summed E-state index contributed by atoms with van der Waals surface area (Å²) in [6, 6.07) is 12.9. The van der Waals surface area contributed by atoms with Gasteiger partial charge in [0.15, 0.2) is 0 Å². The first-order chi connectivity index (χ1) is 17.4. The van der Waals surface area contributed by atoms with Gasteiger partial charge in [-0.2, -0.15) is 8.78 Å². The van der Waals surface area contributed by atoms with Gasteiger partial charge in [0, 0.05) is 57.7 Å². The Morgan fingerprint density at radius 3 is 2.42 bits per heavy atom. The molecule has 4 aliphatic rings. The van der Waals surface area contributed by atoms with Crippen LogP contribution in [-0.4, -0.2) is 57.9 Å². The molecule has 2 aliphatic heterocycles. The minimum Gasteiger partial charge on any atom is -0.342 e. The number of likely N-dealkylation sites (tertiary alicyclic amines) is 2. The number of carbonyl (C=O) groups is 1. The van der Waals surface area contributed by atoms with Gasteiger partial charge in [-0.1, -0.05) is 30.3 Å². The molecule has 0 spiro atoms. The summed E-state index contributed by atoms with van der Waals surface area (Å²) in [6.07, 6.45) is 7.90. The van der Waals surface area contributed by atoms with E-state index in [1.807, 2.05) is 4.90 Å². The van der Waals surface area contributed by atoms with Crippen molar-refractivity contribution < 1.29 is 13.6 Å². The molecule has 5 nitrogen and oxygen atoms in total. The van der Waals surface area contributed by atoms with Crippen LogP contribution in [-0.2, 0) is 17.1 Å². The van der Waals surface area contributed by atoms with Crippen LogP contribution in [0.15, 0.2) is 42.6 Å². The van der Waals surface area contributed by atoms with E-state index in [1.54, 1.807) is 0 Å². The van der Waals surface area contributed by atoms with E-state index in [0.29, 0.717) is 48.5 Å². The van der Waals surface area contributed by atoms with Gasteiger partial charge < -0.3 is 4.90 Å². The highest BCUT2D eigenvalue weighted by atomic mass is 19.3. The predicted molar refractivity (Wildman–Crippen MR) is 133 cm³/mol. The fraction of sp³-hybridized carbons (Fsp3) is 0.621. The van der Waals surface area contributed by atoms with E-state index < -0.39 is 5.92 Å². The molecule has 0 bridgehead atoms. The lowest BCUT2D eigenvalue weighted by Crippen LogP contribution is -2.40. The summed E-state index contributed by atoms with van der Waals surface area (Å²) < 4.78 is 27.2. The third kappa shape index (κ3) is 4.79. The SMILES string of the molecule is CC(F)(F)c1ccnc(C[C@H]2CCN(C(=O)C3[C@H]4CN(C5CCC(c6ccccc6)CC5)C[C@@H]34)C2)n1. The molecule has 1 unspecified atom stereocenters. The Morgan fingerprint density at radius 1 is 1.00 bits per heavy atom. The van der Waals surface area contributed by atoms with Crippen molar-refractivity contribution >= 4 is 5.91 Å². The number of fused-ring (bicyclic) bond motifs is 1. The largest absolute Gasteiger partial charge is 0.342 e. The summed E-state index contributed by atoms with van der Waals surface area (Å²) in [4.78, 5) is 26.2. The monoisotopic (exact) mass is 494 g/mol. The van der Waals surface area contributed by atoms with Gasteiger partial charge >= 0.3 is 0 Å². The maximum absolute atomic E-state index is 13.6. The summed E-state index contributed by atoms with van der Waals surface area (Å²) in [7, 11) is 0. The highest BCUT2D eigenvalue weighted by Crippen LogP contribution is 2.54. The lowest BCUT2D eigenvalue weighted by Gasteiger charge is -2.36. The Morgan fingerprint density at radius 2 is 1.72 bits per heavy atom. The first-order valence-electron chi connectivity index (χ1n) is 13.6. The number of carbonyl (C=O) groups excluding carboxylic acids is 1. The number of halogens is 2. The topological polar surface area (TPSA) is 49.3 Å². The molecular formula is C29H36F2N4O. The van der Waals surface area contributed by atoms with Crippen molar-refractivity contribution in [2.24, 2.45) is 23.7 Å². The number of benzene rings is 1. The number of nitrogens with zero attached hydrogens (tertiary/aromatic N) is 4. The Labute approximate surface area is 212 Å². The van der Waals surface area contributed by atoms with Crippen molar-refractivity contribution in [2.45, 2.75) is 63.3 Å². The fourth-order valence-electron chi connectivity index (χ4n) is 7.13. The Hall–Kier alpha value is -2.41. The van der Waals surface area contributed by atoms with Crippen LogP contribution in [0.1, 0.15) is 62.0 Å². The van der Waals surface area contributed by atoms with E-state index >= 15 is 0 Å². The molecule has 2 saturated carbocycles. The van der Waals surface area contributed by atoms with Crippen LogP contribution >= 0.6 is 0 Å². The van der Waals surface area contributed by atoms with Crippen molar-refractivity contribution in [1.29, 1.82) is 0 Å². The van der Waals surface area contributed by atoms with Crippen molar-refractivity contribution in [3.8, 4) is 0 Å². The van der Waals surface area contributed by atoms with Gasteiger partial charge in [-0.05, 0) is 67.4 Å². The Kier molecular flexibility index (Phi) is 6.30. The highest BCUT2D eigenvalue weighted by Gasteiger charge is 2.61. The molecule has 2 saturated heterocycles. The first-order valence-corrected chi connectivity index (χ1v) is 13.6. The summed E-state index contributed by atoms with van der Waals surface area (Å²) in [5.74, 6) is -0.0184. The molecule has 4 fully saturated rings. The Balaban J connectivity index is 0.965. The molecule has 7 heteroatoms. The molecule has 36 heavy (non-hydrogen) atoms. The summed E-state index contributed by atoms with van der Waals surface area (Å²) in [5.41, 5.74) is 1.25. The average molecular weight is 495 g/mol. The van der Waals surface area contributed by atoms with Crippen LogP contribution in [0.5, 0.6) is 0 Å². The average Bonchev–Trinajstić information content (AvgIpc) is 3.20. The fourth-order valence-corrected chi connectivity index (χ4v) is 7.13. The third-order valence-corrected chi connectivity index (χ3v) is 9.22. The van der Waals surface area contributed by atoms with Gasteiger partial charge in [-0.15, -0.1) is 0 Å². The van der Waals surface area contributed by atoms with Crippen LogP contribution in [0.3, 0.4) is 0 Å². The zero-order valence-electron chi connectivity index (χ0n) is 21.0. The van der Waals surface area contributed by atoms with E-state index in [2.05, 4.69) is 45.2 Å². The van der Waals surface area contributed by atoms with Gasteiger partial charge in [0.25, 0.3) is 5.92 Å². The van der Waals surface area contributed by atoms with E-state index in [1.165, 1.54) is 43.5 Å². The second kappa shape index (κ2) is 9.47. The zero-order chi connectivity index (χ0) is 24.9. The number of rotatable bonds is 6. The maximum Gasteiger partial charge on any atom is 0.287 e. The number of amides is 1. The highest BCUT2D eigenvalue weighted by molar-refractivity contribution is 5.83. The third-order valence-electron chi connectivity index (χ3n) is 9.22. The van der Waals surface area contributed by atoms with Crippen LogP contribution < -0.4 is 0 Å². The molecule has 4 atom stereocenters. The molecule has 192 valence electrons. The van der Waals surface area contributed by atoms with E-state index in [-0.39, 0.29) is 17.5 Å². The van der Waals surface area contributed by atoms with Crippen molar-refractivity contribution in [3.05, 3.63) is 59.7 Å². The number of hydrogen-bond acceptors (Lipinski definition) is 4. The van der Waals surface area contributed by atoms with Gasteiger partial charge in [-0.25, -0.2) is 9.97 Å². The summed E-state index contributed by atoms with van der Waals surface area (Å²) in [6.45, 7) is 4.46. The smallest absolute Gasteiger partial charge is 0.287 e. The van der Waals surface area contributed by atoms with Crippen LogP contribution in [0.25, 0.3) is 0 Å². The molecule has 6 rings (SSSR count). The van der Waals surface area contributed by atoms with Crippen molar-refractivity contribution in [1.82, 2.24) is 19.8 Å². The quantitative estimate of drug-likeness (QED) is 0.574. The maximum atomic E-state index is 13.6. The molecular weight excluding hydrogens is 458 g/mol. The van der Waals surface area contributed by atoms with Gasteiger partial charge in [0.05, 0.1) is 0 Å². The van der Waals surface area contributed by atoms with Crippen LogP contribution in [0.2, 0.25) is 0 Å². The number of aromatic nitrogens is 2. The van der Waals surface area contributed by atoms with E-state index in [0.717, 1.165) is 33.0 Å². The molecule has 0 radical (unpaired) electrons. The number of piperidine rings is 1. The Bertz CT molecular complexity index is 1070. The summed E-state index contributed by atoms with van der Waals surface area (Å²) in [5, 5.41) is 0. The minimum atomic E-state index is -2.96. The lowest BCUT2D eigenvalue weighted by molar-refractivity contribution is -0.132. The van der Waals surface area contributed by atoms with Gasteiger partial charge in [-0.3, -0.25) is 9.69 Å². The minimum absolute atomic E-state index is 0.194.